The van der Waals surface area contributed by atoms with Crippen molar-refractivity contribution in [3.63, 3.8) is 0 Å². The number of rotatable bonds is 8. The predicted octanol–water partition coefficient (Wildman–Crippen LogP) is 4.86. The van der Waals surface area contributed by atoms with Crippen molar-refractivity contribution in [2.75, 3.05) is 6.54 Å². The van der Waals surface area contributed by atoms with Crippen LogP contribution in [0.1, 0.15) is 63.6 Å². The van der Waals surface area contributed by atoms with Gasteiger partial charge in [0, 0.05) is 6.04 Å². The predicted molar refractivity (Wildman–Crippen MR) is 80.9 cm³/mol. The molecule has 1 heteroatoms. The van der Waals surface area contributed by atoms with E-state index in [0.29, 0.717) is 6.04 Å². The summed E-state index contributed by atoms with van der Waals surface area (Å²) in [4.78, 5) is 0. The molecule has 1 rings (SSSR count). The Morgan fingerprint density at radius 1 is 1.11 bits per heavy atom. The summed E-state index contributed by atoms with van der Waals surface area (Å²) in [6.07, 6.45) is 5.32. The van der Waals surface area contributed by atoms with E-state index in [1.807, 2.05) is 0 Å². The standard InChI is InChI=1S/C17H29N/c1-5-7-8-16(6-2)13-18-15(4)17-11-9-14(3)10-12-17/h9-12,15-16,18H,5-8,13H2,1-4H3. The molecule has 102 valence electrons. The van der Waals surface area contributed by atoms with Crippen molar-refractivity contribution in [1.29, 1.82) is 0 Å². The van der Waals surface area contributed by atoms with Gasteiger partial charge in [0.2, 0.25) is 0 Å². The molecule has 1 aromatic carbocycles. The second kappa shape index (κ2) is 8.31. The third-order valence-corrected chi connectivity index (χ3v) is 3.83. The monoisotopic (exact) mass is 247 g/mol. The summed E-state index contributed by atoms with van der Waals surface area (Å²) in [7, 11) is 0. The summed E-state index contributed by atoms with van der Waals surface area (Å²) in [6.45, 7) is 10.1. The van der Waals surface area contributed by atoms with E-state index in [9.17, 15) is 0 Å². The maximum atomic E-state index is 3.68. The average molecular weight is 247 g/mol. The van der Waals surface area contributed by atoms with Crippen molar-refractivity contribution in [3.8, 4) is 0 Å². The molecule has 0 aliphatic rings. The first kappa shape index (κ1) is 15.2. The first-order valence-electron chi connectivity index (χ1n) is 7.47. The van der Waals surface area contributed by atoms with Crippen LogP contribution < -0.4 is 5.32 Å². The fourth-order valence-electron chi connectivity index (χ4n) is 2.26. The van der Waals surface area contributed by atoms with Crippen molar-refractivity contribution < 1.29 is 0 Å². The van der Waals surface area contributed by atoms with Crippen LogP contribution >= 0.6 is 0 Å². The summed E-state index contributed by atoms with van der Waals surface area (Å²) >= 11 is 0. The molecule has 0 aliphatic heterocycles. The van der Waals surface area contributed by atoms with Crippen LogP contribution in [0.2, 0.25) is 0 Å². The Kier molecular flexibility index (Phi) is 7.04. The van der Waals surface area contributed by atoms with Crippen LogP contribution in [0.15, 0.2) is 24.3 Å². The maximum Gasteiger partial charge on any atom is 0.0291 e. The highest BCUT2D eigenvalue weighted by molar-refractivity contribution is 5.23. The molecule has 0 bridgehead atoms. The first-order chi connectivity index (χ1) is 8.67. The van der Waals surface area contributed by atoms with Gasteiger partial charge in [-0.15, -0.1) is 0 Å². The number of hydrogen-bond donors (Lipinski definition) is 1. The summed E-state index contributed by atoms with van der Waals surface area (Å²) in [5.41, 5.74) is 2.73. The lowest BCUT2D eigenvalue weighted by Gasteiger charge is -2.20. The first-order valence-corrected chi connectivity index (χ1v) is 7.47. The zero-order valence-electron chi connectivity index (χ0n) is 12.5. The number of hydrogen-bond acceptors (Lipinski definition) is 1. The van der Waals surface area contributed by atoms with Gasteiger partial charge in [-0.1, -0.05) is 62.9 Å². The topological polar surface area (TPSA) is 12.0 Å². The van der Waals surface area contributed by atoms with E-state index in [1.165, 1.54) is 36.8 Å². The zero-order valence-corrected chi connectivity index (χ0v) is 12.5. The van der Waals surface area contributed by atoms with E-state index in [0.717, 1.165) is 12.5 Å². The molecular weight excluding hydrogens is 218 g/mol. The van der Waals surface area contributed by atoms with E-state index >= 15 is 0 Å². The van der Waals surface area contributed by atoms with Gasteiger partial charge in [0.15, 0.2) is 0 Å². The van der Waals surface area contributed by atoms with Crippen LogP contribution in [-0.4, -0.2) is 6.54 Å². The van der Waals surface area contributed by atoms with Gasteiger partial charge in [-0.05, 0) is 38.3 Å². The van der Waals surface area contributed by atoms with Gasteiger partial charge in [-0.25, -0.2) is 0 Å². The number of aryl methyl sites for hydroxylation is 1. The van der Waals surface area contributed by atoms with Gasteiger partial charge in [0.25, 0.3) is 0 Å². The Hall–Kier alpha value is -0.820. The van der Waals surface area contributed by atoms with Crippen molar-refractivity contribution in [2.45, 2.75) is 59.4 Å². The SMILES string of the molecule is CCCCC(CC)CNC(C)c1ccc(C)cc1. The third-order valence-electron chi connectivity index (χ3n) is 3.83. The summed E-state index contributed by atoms with van der Waals surface area (Å²) in [6, 6.07) is 9.32. The lowest BCUT2D eigenvalue weighted by molar-refractivity contribution is 0.398. The molecule has 2 atom stereocenters. The number of unbranched alkanes of at least 4 members (excludes halogenated alkanes) is 1. The molecule has 0 radical (unpaired) electrons. The van der Waals surface area contributed by atoms with E-state index in [1.54, 1.807) is 0 Å². The smallest absolute Gasteiger partial charge is 0.0291 e. The minimum Gasteiger partial charge on any atom is -0.310 e. The molecule has 1 aromatic rings. The Labute approximate surface area is 113 Å². The largest absolute Gasteiger partial charge is 0.310 e. The molecule has 0 fully saturated rings. The van der Waals surface area contributed by atoms with Gasteiger partial charge >= 0.3 is 0 Å². The number of benzene rings is 1. The van der Waals surface area contributed by atoms with Gasteiger partial charge in [0.05, 0.1) is 0 Å². The van der Waals surface area contributed by atoms with Crippen molar-refractivity contribution in [1.82, 2.24) is 5.32 Å². The van der Waals surface area contributed by atoms with Crippen LogP contribution in [0.3, 0.4) is 0 Å². The Bertz CT molecular complexity index is 315. The van der Waals surface area contributed by atoms with Crippen LogP contribution in [-0.2, 0) is 0 Å². The summed E-state index contributed by atoms with van der Waals surface area (Å²) < 4.78 is 0. The molecule has 0 aromatic heterocycles. The molecule has 2 unspecified atom stereocenters. The van der Waals surface area contributed by atoms with E-state index in [2.05, 4.69) is 57.3 Å². The highest BCUT2D eigenvalue weighted by atomic mass is 14.9. The summed E-state index contributed by atoms with van der Waals surface area (Å²) in [5.74, 6) is 0.831. The van der Waals surface area contributed by atoms with Crippen LogP contribution in [0, 0.1) is 12.8 Å². The molecular formula is C17H29N. The van der Waals surface area contributed by atoms with E-state index in [-0.39, 0.29) is 0 Å². The van der Waals surface area contributed by atoms with E-state index < -0.39 is 0 Å². The molecule has 0 saturated carbocycles. The van der Waals surface area contributed by atoms with Gasteiger partial charge in [-0.2, -0.15) is 0 Å². The molecule has 0 saturated heterocycles. The molecule has 1 nitrogen and oxygen atoms in total. The second-order valence-electron chi connectivity index (χ2n) is 5.46. The quantitative estimate of drug-likeness (QED) is 0.691. The lowest BCUT2D eigenvalue weighted by atomic mass is 9.98. The minimum atomic E-state index is 0.460. The van der Waals surface area contributed by atoms with Crippen LogP contribution in [0.25, 0.3) is 0 Å². The van der Waals surface area contributed by atoms with Gasteiger partial charge in [-0.3, -0.25) is 0 Å². The zero-order chi connectivity index (χ0) is 13.4. The molecule has 18 heavy (non-hydrogen) atoms. The molecule has 0 amide bonds. The minimum absolute atomic E-state index is 0.460. The highest BCUT2D eigenvalue weighted by Gasteiger charge is 2.09. The van der Waals surface area contributed by atoms with Crippen LogP contribution in [0.4, 0.5) is 0 Å². The lowest BCUT2D eigenvalue weighted by Crippen LogP contribution is -2.25. The number of nitrogens with one attached hydrogen (secondary N) is 1. The van der Waals surface area contributed by atoms with Crippen molar-refractivity contribution in [3.05, 3.63) is 35.4 Å². The van der Waals surface area contributed by atoms with Gasteiger partial charge in [0.1, 0.15) is 0 Å². The fourth-order valence-corrected chi connectivity index (χ4v) is 2.26. The molecule has 0 spiro atoms. The van der Waals surface area contributed by atoms with Crippen molar-refractivity contribution in [2.24, 2.45) is 5.92 Å². The Morgan fingerprint density at radius 3 is 2.33 bits per heavy atom. The Morgan fingerprint density at radius 2 is 1.78 bits per heavy atom. The van der Waals surface area contributed by atoms with Crippen LogP contribution in [0.5, 0.6) is 0 Å². The maximum absolute atomic E-state index is 3.68. The molecule has 1 N–H and O–H groups in total. The van der Waals surface area contributed by atoms with Gasteiger partial charge < -0.3 is 5.32 Å². The third kappa shape index (κ3) is 5.22. The van der Waals surface area contributed by atoms with Crippen molar-refractivity contribution >= 4 is 0 Å². The summed E-state index contributed by atoms with van der Waals surface area (Å²) in [5, 5.41) is 3.68. The molecule has 0 aliphatic carbocycles. The average Bonchev–Trinajstić information content (AvgIpc) is 2.39. The second-order valence-corrected chi connectivity index (χ2v) is 5.46. The molecule has 0 heterocycles. The fraction of sp³-hybridized carbons (Fsp3) is 0.647. The Balaban J connectivity index is 2.39. The normalized spacial score (nSPS) is 14.4. The highest BCUT2D eigenvalue weighted by Crippen LogP contribution is 2.16. The van der Waals surface area contributed by atoms with E-state index in [4.69, 9.17) is 0 Å².